The maximum Gasteiger partial charge on any atom is 0.139 e. The number of rotatable bonds is 5. The fourth-order valence-corrected chi connectivity index (χ4v) is 2.78. The van der Waals surface area contributed by atoms with E-state index in [1.54, 1.807) is 19.2 Å². The third-order valence-corrected chi connectivity index (χ3v) is 3.90. The quantitative estimate of drug-likeness (QED) is 0.838. The first-order valence-electron chi connectivity index (χ1n) is 6.52. The van der Waals surface area contributed by atoms with Crippen LogP contribution in [-0.4, -0.2) is 13.2 Å². The molecule has 3 nitrogen and oxygen atoms in total. The van der Waals surface area contributed by atoms with Gasteiger partial charge in [0.2, 0.25) is 0 Å². The first kappa shape index (κ1) is 16.1. The van der Waals surface area contributed by atoms with Gasteiger partial charge in [-0.2, -0.15) is 0 Å². The van der Waals surface area contributed by atoms with E-state index in [4.69, 9.17) is 26.8 Å². The van der Waals surface area contributed by atoms with Crippen LogP contribution < -0.4 is 15.2 Å². The Balaban J connectivity index is 2.30. The van der Waals surface area contributed by atoms with Crippen molar-refractivity contribution in [1.82, 2.24) is 0 Å². The number of methoxy groups -OCH3 is 1. The van der Waals surface area contributed by atoms with Gasteiger partial charge in [-0.05, 0) is 58.7 Å². The van der Waals surface area contributed by atoms with Crippen LogP contribution in [0.25, 0.3) is 0 Å². The van der Waals surface area contributed by atoms with Crippen molar-refractivity contribution in [2.45, 2.75) is 19.1 Å². The molecule has 0 aromatic heterocycles. The Morgan fingerprint density at radius 1 is 1.19 bits per heavy atom. The number of nitrogens with two attached hydrogens (primary N) is 1. The molecule has 0 amide bonds. The van der Waals surface area contributed by atoms with E-state index in [0.29, 0.717) is 10.8 Å². The molecule has 2 unspecified atom stereocenters. The van der Waals surface area contributed by atoms with Crippen LogP contribution in [-0.2, 0) is 0 Å². The lowest BCUT2D eigenvalue weighted by atomic mass is 10.0. The molecule has 2 N–H and O–H groups in total. The van der Waals surface area contributed by atoms with E-state index >= 15 is 0 Å². The highest BCUT2D eigenvalue weighted by atomic mass is 79.9. The van der Waals surface area contributed by atoms with Crippen molar-refractivity contribution in [3.05, 3.63) is 57.5 Å². The molecule has 0 aliphatic heterocycles. The molecule has 2 atom stereocenters. The van der Waals surface area contributed by atoms with Crippen molar-refractivity contribution in [2.75, 3.05) is 7.11 Å². The van der Waals surface area contributed by atoms with Gasteiger partial charge in [0.05, 0.1) is 11.6 Å². The predicted octanol–water partition coefficient (Wildman–Crippen LogP) is 4.58. The monoisotopic (exact) mass is 369 g/mol. The molecule has 0 radical (unpaired) electrons. The van der Waals surface area contributed by atoms with Gasteiger partial charge in [0.1, 0.15) is 17.6 Å². The van der Waals surface area contributed by atoms with E-state index in [1.807, 2.05) is 37.3 Å². The van der Waals surface area contributed by atoms with Gasteiger partial charge >= 0.3 is 0 Å². The van der Waals surface area contributed by atoms with Crippen molar-refractivity contribution in [2.24, 2.45) is 5.73 Å². The van der Waals surface area contributed by atoms with Crippen molar-refractivity contribution >= 4 is 27.5 Å². The number of hydrogen-bond acceptors (Lipinski definition) is 3. The van der Waals surface area contributed by atoms with E-state index in [9.17, 15) is 0 Å². The molecule has 0 saturated carbocycles. The van der Waals surface area contributed by atoms with Gasteiger partial charge in [0, 0.05) is 11.1 Å². The highest BCUT2D eigenvalue weighted by Gasteiger charge is 2.20. The topological polar surface area (TPSA) is 44.5 Å². The van der Waals surface area contributed by atoms with Crippen molar-refractivity contribution in [1.29, 1.82) is 0 Å². The SMILES string of the molecule is COc1cccc(C(Oc2ccc(Cl)cc2Br)C(C)N)c1. The van der Waals surface area contributed by atoms with E-state index in [1.165, 1.54) is 0 Å². The smallest absolute Gasteiger partial charge is 0.139 e. The van der Waals surface area contributed by atoms with Gasteiger partial charge < -0.3 is 15.2 Å². The average Bonchev–Trinajstić information content (AvgIpc) is 2.46. The average molecular weight is 371 g/mol. The van der Waals surface area contributed by atoms with Gasteiger partial charge in [0.15, 0.2) is 0 Å². The highest BCUT2D eigenvalue weighted by molar-refractivity contribution is 9.10. The zero-order chi connectivity index (χ0) is 15.4. The van der Waals surface area contributed by atoms with Crippen molar-refractivity contribution in [3.8, 4) is 11.5 Å². The molecule has 2 rings (SSSR count). The summed E-state index contributed by atoms with van der Waals surface area (Å²) in [4.78, 5) is 0. The van der Waals surface area contributed by atoms with Gasteiger partial charge in [-0.3, -0.25) is 0 Å². The molecular weight excluding hydrogens is 354 g/mol. The van der Waals surface area contributed by atoms with Crippen LogP contribution in [0.15, 0.2) is 46.9 Å². The summed E-state index contributed by atoms with van der Waals surface area (Å²) >= 11 is 9.40. The molecule has 112 valence electrons. The minimum Gasteiger partial charge on any atom is -0.497 e. The Hall–Kier alpha value is -1.23. The molecule has 2 aromatic rings. The Kier molecular flexibility index (Phi) is 5.51. The summed E-state index contributed by atoms with van der Waals surface area (Å²) in [6.45, 7) is 1.91. The predicted molar refractivity (Wildman–Crippen MR) is 89.2 cm³/mol. The highest BCUT2D eigenvalue weighted by Crippen LogP contribution is 2.33. The van der Waals surface area contributed by atoms with E-state index in [2.05, 4.69) is 15.9 Å². The summed E-state index contributed by atoms with van der Waals surface area (Å²) in [5.74, 6) is 1.47. The summed E-state index contributed by atoms with van der Waals surface area (Å²) in [7, 11) is 1.64. The van der Waals surface area contributed by atoms with E-state index in [-0.39, 0.29) is 12.1 Å². The fraction of sp³-hybridized carbons (Fsp3) is 0.250. The van der Waals surface area contributed by atoms with E-state index < -0.39 is 0 Å². The van der Waals surface area contributed by atoms with Crippen LogP contribution in [0.4, 0.5) is 0 Å². The number of halogens is 2. The second-order valence-electron chi connectivity index (χ2n) is 4.75. The number of hydrogen-bond donors (Lipinski definition) is 1. The summed E-state index contributed by atoms with van der Waals surface area (Å²) in [6, 6.07) is 12.9. The number of benzene rings is 2. The Labute approximate surface area is 138 Å². The lowest BCUT2D eigenvalue weighted by Crippen LogP contribution is -2.29. The maximum atomic E-state index is 6.08. The van der Waals surface area contributed by atoms with E-state index in [0.717, 1.165) is 15.8 Å². The Morgan fingerprint density at radius 3 is 2.57 bits per heavy atom. The maximum absolute atomic E-state index is 6.08. The third-order valence-electron chi connectivity index (χ3n) is 3.05. The zero-order valence-electron chi connectivity index (χ0n) is 11.8. The summed E-state index contributed by atoms with van der Waals surface area (Å²) in [5.41, 5.74) is 7.04. The lowest BCUT2D eigenvalue weighted by molar-refractivity contribution is 0.179. The van der Waals surface area contributed by atoms with Gasteiger partial charge in [-0.15, -0.1) is 0 Å². The number of ether oxygens (including phenoxy) is 2. The summed E-state index contributed by atoms with van der Waals surface area (Å²) < 4.78 is 12.1. The normalized spacial score (nSPS) is 13.6. The van der Waals surface area contributed by atoms with Crippen LogP contribution in [0.3, 0.4) is 0 Å². The largest absolute Gasteiger partial charge is 0.497 e. The molecule has 0 heterocycles. The zero-order valence-corrected chi connectivity index (χ0v) is 14.2. The van der Waals surface area contributed by atoms with Crippen LogP contribution in [0.5, 0.6) is 11.5 Å². The van der Waals surface area contributed by atoms with Crippen molar-refractivity contribution < 1.29 is 9.47 Å². The van der Waals surface area contributed by atoms with Crippen molar-refractivity contribution in [3.63, 3.8) is 0 Å². The standard InChI is InChI=1S/C16H17BrClNO2/c1-10(19)16(11-4-3-5-13(8-11)20-2)21-15-7-6-12(18)9-14(15)17/h3-10,16H,19H2,1-2H3. The molecular formula is C16H17BrClNO2. The fourth-order valence-electron chi connectivity index (χ4n) is 2.00. The Bertz CT molecular complexity index is 619. The molecule has 0 fully saturated rings. The second kappa shape index (κ2) is 7.16. The lowest BCUT2D eigenvalue weighted by Gasteiger charge is -2.24. The van der Waals surface area contributed by atoms with Crippen LogP contribution in [0.1, 0.15) is 18.6 Å². The molecule has 0 aliphatic rings. The van der Waals surface area contributed by atoms with Crippen LogP contribution in [0.2, 0.25) is 5.02 Å². The van der Waals surface area contributed by atoms with Crippen LogP contribution in [0, 0.1) is 0 Å². The second-order valence-corrected chi connectivity index (χ2v) is 6.04. The minimum atomic E-state index is -0.280. The summed E-state index contributed by atoms with van der Waals surface area (Å²) in [5, 5.41) is 0.646. The minimum absolute atomic E-state index is 0.181. The van der Waals surface area contributed by atoms with Gasteiger partial charge in [0.25, 0.3) is 0 Å². The summed E-state index contributed by atoms with van der Waals surface area (Å²) in [6.07, 6.45) is -0.280. The molecule has 5 heteroatoms. The molecule has 0 saturated heterocycles. The molecule has 0 spiro atoms. The molecule has 21 heavy (non-hydrogen) atoms. The Morgan fingerprint density at radius 2 is 1.95 bits per heavy atom. The molecule has 0 aliphatic carbocycles. The third kappa shape index (κ3) is 4.13. The first-order valence-corrected chi connectivity index (χ1v) is 7.69. The van der Waals surface area contributed by atoms with Gasteiger partial charge in [-0.25, -0.2) is 0 Å². The first-order chi connectivity index (χ1) is 10.0. The molecule has 2 aromatic carbocycles. The van der Waals surface area contributed by atoms with Crippen LogP contribution >= 0.6 is 27.5 Å². The van der Waals surface area contributed by atoms with Gasteiger partial charge in [-0.1, -0.05) is 23.7 Å². The molecule has 0 bridgehead atoms.